The molecule has 0 radical (unpaired) electrons. The van der Waals surface area contributed by atoms with E-state index in [9.17, 15) is 22.4 Å². The predicted molar refractivity (Wildman–Crippen MR) is 128 cm³/mol. The molecule has 2 aromatic carbocycles. The van der Waals surface area contributed by atoms with Crippen LogP contribution in [0.1, 0.15) is 38.3 Å². The van der Waals surface area contributed by atoms with Crippen molar-refractivity contribution in [1.82, 2.24) is 10.2 Å². The molecule has 0 aromatic heterocycles. The van der Waals surface area contributed by atoms with Gasteiger partial charge in [-0.3, -0.25) is 13.9 Å². The number of hydrogen-bond acceptors (Lipinski definition) is 4. The van der Waals surface area contributed by atoms with Crippen molar-refractivity contribution >= 4 is 27.5 Å². The number of nitrogens with one attached hydrogen (secondary N) is 1. The van der Waals surface area contributed by atoms with Crippen LogP contribution >= 0.6 is 0 Å². The summed E-state index contributed by atoms with van der Waals surface area (Å²) in [4.78, 5) is 27.5. The second-order valence-corrected chi connectivity index (χ2v) is 10.2. The van der Waals surface area contributed by atoms with Gasteiger partial charge in [-0.15, -0.1) is 0 Å². The zero-order valence-electron chi connectivity index (χ0n) is 19.7. The van der Waals surface area contributed by atoms with E-state index in [4.69, 9.17) is 0 Å². The number of sulfonamides is 1. The van der Waals surface area contributed by atoms with Gasteiger partial charge in [-0.05, 0) is 51.0 Å². The molecule has 0 spiro atoms. The lowest BCUT2D eigenvalue weighted by molar-refractivity contribution is -0.139. The summed E-state index contributed by atoms with van der Waals surface area (Å²) in [6.07, 6.45) is 1.68. The molecular weight excluding hydrogens is 445 g/mol. The molecule has 0 aliphatic heterocycles. The van der Waals surface area contributed by atoms with Crippen molar-refractivity contribution in [3.63, 3.8) is 0 Å². The molecule has 0 saturated heterocycles. The molecule has 2 atom stereocenters. The third-order valence-electron chi connectivity index (χ3n) is 5.42. The smallest absolute Gasteiger partial charge is 0.244 e. The fraction of sp³-hybridized carbons (Fsp3) is 0.417. The van der Waals surface area contributed by atoms with Crippen molar-refractivity contribution < 1.29 is 22.4 Å². The summed E-state index contributed by atoms with van der Waals surface area (Å²) < 4.78 is 39.5. The Morgan fingerprint density at radius 2 is 1.73 bits per heavy atom. The fourth-order valence-electron chi connectivity index (χ4n) is 3.18. The Morgan fingerprint density at radius 1 is 1.09 bits per heavy atom. The topological polar surface area (TPSA) is 86.8 Å². The second-order valence-electron chi connectivity index (χ2n) is 8.25. The molecule has 1 N–H and O–H groups in total. The summed E-state index contributed by atoms with van der Waals surface area (Å²) in [6, 6.07) is 11.6. The molecule has 2 aromatic rings. The SMILES string of the molecule is CC[C@H](C)NC(=O)[C@H](C)N(Cc1ccc(C)cc1)C(=O)CN(c1cccc(F)c1)S(C)(=O)=O. The first-order chi connectivity index (χ1) is 15.4. The molecule has 2 rings (SSSR count). The Labute approximate surface area is 195 Å². The van der Waals surface area contributed by atoms with Crippen LogP contribution in [0.3, 0.4) is 0 Å². The van der Waals surface area contributed by atoms with Crippen molar-refractivity contribution in [1.29, 1.82) is 0 Å². The van der Waals surface area contributed by atoms with E-state index in [1.165, 1.54) is 23.1 Å². The minimum atomic E-state index is -3.89. The van der Waals surface area contributed by atoms with Gasteiger partial charge in [-0.1, -0.05) is 42.8 Å². The molecular formula is C24H32FN3O4S. The molecule has 9 heteroatoms. The number of nitrogens with zero attached hydrogens (tertiary/aromatic N) is 2. The highest BCUT2D eigenvalue weighted by Crippen LogP contribution is 2.20. The molecule has 33 heavy (non-hydrogen) atoms. The van der Waals surface area contributed by atoms with Crippen LogP contribution in [0.4, 0.5) is 10.1 Å². The summed E-state index contributed by atoms with van der Waals surface area (Å²) >= 11 is 0. The maximum atomic E-state index is 13.8. The third kappa shape index (κ3) is 7.56. The normalized spacial score (nSPS) is 13.2. The van der Waals surface area contributed by atoms with Gasteiger partial charge in [-0.25, -0.2) is 12.8 Å². The van der Waals surface area contributed by atoms with Crippen LogP contribution in [-0.2, 0) is 26.2 Å². The summed E-state index contributed by atoms with van der Waals surface area (Å²) in [7, 11) is -3.89. The Hall–Kier alpha value is -2.94. The first kappa shape index (κ1) is 26.3. The van der Waals surface area contributed by atoms with Crippen molar-refractivity contribution in [2.75, 3.05) is 17.1 Å². The van der Waals surface area contributed by atoms with Gasteiger partial charge in [0.05, 0.1) is 11.9 Å². The van der Waals surface area contributed by atoms with E-state index in [0.29, 0.717) is 0 Å². The molecule has 0 unspecified atom stereocenters. The van der Waals surface area contributed by atoms with Gasteiger partial charge >= 0.3 is 0 Å². The van der Waals surface area contributed by atoms with Crippen molar-refractivity contribution in [3.05, 3.63) is 65.5 Å². The number of halogens is 1. The first-order valence-corrected chi connectivity index (χ1v) is 12.7. The monoisotopic (exact) mass is 477 g/mol. The van der Waals surface area contributed by atoms with Crippen LogP contribution in [0.5, 0.6) is 0 Å². The van der Waals surface area contributed by atoms with Crippen molar-refractivity contribution in [2.24, 2.45) is 0 Å². The molecule has 0 fully saturated rings. The van der Waals surface area contributed by atoms with Gasteiger partial charge in [0, 0.05) is 12.6 Å². The summed E-state index contributed by atoms with van der Waals surface area (Å²) in [5, 5.41) is 2.87. The number of carbonyl (C=O) groups is 2. The van der Waals surface area contributed by atoms with Crippen LogP contribution in [-0.4, -0.2) is 50.0 Å². The first-order valence-electron chi connectivity index (χ1n) is 10.8. The summed E-state index contributed by atoms with van der Waals surface area (Å²) in [6.45, 7) is 6.92. The largest absolute Gasteiger partial charge is 0.352 e. The van der Waals surface area contributed by atoms with E-state index < -0.39 is 34.3 Å². The van der Waals surface area contributed by atoms with E-state index in [2.05, 4.69) is 5.32 Å². The van der Waals surface area contributed by atoms with Crippen molar-refractivity contribution in [2.45, 2.75) is 52.7 Å². The zero-order valence-corrected chi connectivity index (χ0v) is 20.5. The summed E-state index contributed by atoms with van der Waals surface area (Å²) in [5.74, 6) is -1.52. The molecule has 0 bridgehead atoms. The maximum Gasteiger partial charge on any atom is 0.244 e. The third-order valence-corrected chi connectivity index (χ3v) is 6.56. The minimum absolute atomic E-state index is 0.0397. The van der Waals surface area contributed by atoms with Crippen LogP contribution < -0.4 is 9.62 Å². The minimum Gasteiger partial charge on any atom is -0.352 e. The number of rotatable bonds is 10. The lowest BCUT2D eigenvalue weighted by atomic mass is 10.1. The van der Waals surface area contributed by atoms with Crippen LogP contribution in [0.25, 0.3) is 0 Å². The van der Waals surface area contributed by atoms with Gasteiger partial charge < -0.3 is 10.2 Å². The standard InChI is InChI=1S/C24H32FN3O4S/c1-6-18(3)26-24(30)19(4)27(15-20-12-10-17(2)11-13-20)23(29)16-28(33(5,31)32)22-9-7-8-21(25)14-22/h7-14,18-19H,6,15-16H2,1-5H3,(H,26,30)/t18-,19-/m0/s1. The lowest BCUT2D eigenvalue weighted by Crippen LogP contribution is -2.52. The molecule has 0 aliphatic carbocycles. The Balaban J connectivity index is 2.37. The number of aryl methyl sites for hydroxylation is 1. The highest BCUT2D eigenvalue weighted by atomic mass is 32.2. The zero-order chi connectivity index (χ0) is 24.8. The van der Waals surface area contributed by atoms with Gasteiger partial charge in [0.15, 0.2) is 0 Å². The number of hydrogen-bond donors (Lipinski definition) is 1. The average Bonchev–Trinajstić information content (AvgIpc) is 2.75. The van der Waals surface area contributed by atoms with Gasteiger partial charge in [0.1, 0.15) is 18.4 Å². The van der Waals surface area contributed by atoms with Gasteiger partial charge in [0.2, 0.25) is 21.8 Å². The molecule has 180 valence electrons. The van der Waals surface area contributed by atoms with E-state index in [-0.39, 0.29) is 24.2 Å². The van der Waals surface area contributed by atoms with Crippen LogP contribution in [0.15, 0.2) is 48.5 Å². The predicted octanol–water partition coefficient (Wildman–Crippen LogP) is 3.23. The van der Waals surface area contributed by atoms with E-state index in [0.717, 1.165) is 34.2 Å². The lowest BCUT2D eigenvalue weighted by Gasteiger charge is -2.32. The molecule has 2 amide bonds. The van der Waals surface area contributed by atoms with E-state index in [1.54, 1.807) is 6.92 Å². The second kappa shape index (κ2) is 11.3. The highest BCUT2D eigenvalue weighted by molar-refractivity contribution is 7.92. The van der Waals surface area contributed by atoms with Crippen LogP contribution in [0.2, 0.25) is 0 Å². The summed E-state index contributed by atoms with van der Waals surface area (Å²) in [5.41, 5.74) is 1.89. The highest BCUT2D eigenvalue weighted by Gasteiger charge is 2.30. The van der Waals surface area contributed by atoms with Crippen molar-refractivity contribution in [3.8, 4) is 0 Å². The molecule has 0 saturated carbocycles. The van der Waals surface area contributed by atoms with Gasteiger partial charge in [0.25, 0.3) is 0 Å². The Kier molecular flexibility index (Phi) is 8.99. The molecule has 0 heterocycles. The molecule has 0 aliphatic rings. The fourth-order valence-corrected chi connectivity index (χ4v) is 4.02. The molecule has 7 nitrogen and oxygen atoms in total. The quantitative estimate of drug-likeness (QED) is 0.569. The van der Waals surface area contributed by atoms with E-state index in [1.807, 2.05) is 45.0 Å². The van der Waals surface area contributed by atoms with Gasteiger partial charge in [-0.2, -0.15) is 0 Å². The van der Waals surface area contributed by atoms with E-state index >= 15 is 0 Å². The van der Waals surface area contributed by atoms with Crippen LogP contribution in [0, 0.1) is 12.7 Å². The number of benzene rings is 2. The average molecular weight is 478 g/mol. The Morgan fingerprint density at radius 3 is 2.27 bits per heavy atom. The number of anilines is 1. The number of carbonyl (C=O) groups excluding carboxylic acids is 2. The Bertz CT molecular complexity index is 1070. The maximum absolute atomic E-state index is 13.8. The number of amides is 2.